The van der Waals surface area contributed by atoms with Gasteiger partial charge in [-0.2, -0.15) is 0 Å². The van der Waals surface area contributed by atoms with Gasteiger partial charge in [0.2, 0.25) is 11.1 Å². The molecule has 1 aliphatic carbocycles. The average Bonchev–Trinajstić information content (AvgIpc) is 3.23. The normalized spacial score (nSPS) is 14.2. The Morgan fingerprint density at radius 1 is 1.23 bits per heavy atom. The molecule has 4 rings (SSSR count). The van der Waals surface area contributed by atoms with Gasteiger partial charge >= 0.3 is 5.97 Å². The van der Waals surface area contributed by atoms with Crippen LogP contribution in [-0.4, -0.2) is 44.9 Å². The third kappa shape index (κ3) is 4.05. The van der Waals surface area contributed by atoms with Crippen LogP contribution < -0.4 is 5.32 Å². The number of hydrogen-bond donors (Lipinski definition) is 1. The van der Waals surface area contributed by atoms with Crippen LogP contribution in [0.15, 0.2) is 29.4 Å². The summed E-state index contributed by atoms with van der Waals surface area (Å²) in [5.41, 5.74) is 4.65. The van der Waals surface area contributed by atoms with E-state index in [-0.39, 0.29) is 30.0 Å². The van der Waals surface area contributed by atoms with Crippen molar-refractivity contribution in [1.29, 1.82) is 0 Å². The molecule has 1 atom stereocenters. The van der Waals surface area contributed by atoms with Gasteiger partial charge in [0.1, 0.15) is 5.69 Å². The maximum Gasteiger partial charge on any atom is 0.310 e. The van der Waals surface area contributed by atoms with Crippen molar-refractivity contribution in [3.8, 4) is 11.3 Å². The molecule has 2 aromatic heterocycles. The first kappa shape index (κ1) is 20.4. The highest BCUT2D eigenvalue weighted by Gasteiger charge is 2.29. The molecular weight excluding hydrogens is 422 g/mol. The Morgan fingerprint density at radius 3 is 2.83 bits per heavy atom. The van der Waals surface area contributed by atoms with E-state index < -0.39 is 0 Å². The Bertz CT molecular complexity index is 1130. The van der Waals surface area contributed by atoms with Crippen molar-refractivity contribution in [1.82, 2.24) is 20.2 Å². The lowest BCUT2D eigenvalue weighted by molar-refractivity contribution is -0.139. The third-order valence-corrected chi connectivity index (χ3v) is 6.70. The van der Waals surface area contributed by atoms with E-state index in [1.807, 2.05) is 18.2 Å². The van der Waals surface area contributed by atoms with Crippen LogP contribution in [0.2, 0.25) is 0 Å². The number of aryl methyl sites for hydroxylation is 1. The van der Waals surface area contributed by atoms with E-state index in [4.69, 9.17) is 0 Å². The number of anilines is 1. The molecule has 8 nitrogen and oxygen atoms in total. The number of ether oxygens (including phenoxy) is 1. The Balaban J connectivity index is 1.38. The zero-order chi connectivity index (χ0) is 21.3. The van der Waals surface area contributed by atoms with Crippen LogP contribution in [0.5, 0.6) is 0 Å². The number of rotatable bonds is 6. The predicted octanol–water partition coefficient (Wildman–Crippen LogP) is 3.22. The fourth-order valence-electron chi connectivity index (χ4n) is 3.25. The second-order valence-electron chi connectivity index (χ2n) is 6.75. The standard InChI is InChI=1S/C20H19N5O3S2/c1-10-12-6-4-5-7-13(12)18-17(10)23-20(25-24-18)29-9-15(26)22-19-21-11(2)14(30-19)8-16(27)28-3/h4-7,10H,8-9H2,1-3H3,(H,21,22,26)/t10-/m0/s1. The van der Waals surface area contributed by atoms with Gasteiger partial charge in [-0.15, -0.1) is 21.5 Å². The first-order chi connectivity index (χ1) is 14.5. The van der Waals surface area contributed by atoms with Gasteiger partial charge in [0.25, 0.3) is 0 Å². The highest BCUT2D eigenvalue weighted by Crippen LogP contribution is 2.42. The lowest BCUT2D eigenvalue weighted by Gasteiger charge is -2.05. The number of carbonyl (C=O) groups is 2. The molecule has 154 valence electrons. The molecule has 3 aromatic rings. The lowest BCUT2D eigenvalue weighted by atomic mass is 10.0. The molecule has 10 heteroatoms. The van der Waals surface area contributed by atoms with E-state index in [2.05, 4.69) is 43.2 Å². The van der Waals surface area contributed by atoms with Crippen molar-refractivity contribution < 1.29 is 14.3 Å². The van der Waals surface area contributed by atoms with Crippen LogP contribution in [0.25, 0.3) is 11.3 Å². The van der Waals surface area contributed by atoms with E-state index in [9.17, 15) is 9.59 Å². The fraction of sp³-hybridized carbons (Fsp3) is 0.300. The first-order valence-corrected chi connectivity index (χ1v) is 11.1. The monoisotopic (exact) mass is 441 g/mol. The molecule has 0 saturated heterocycles. The molecule has 1 aliphatic rings. The molecule has 1 N–H and O–H groups in total. The maximum absolute atomic E-state index is 12.3. The van der Waals surface area contributed by atoms with E-state index in [1.165, 1.54) is 35.8 Å². The van der Waals surface area contributed by atoms with E-state index >= 15 is 0 Å². The number of fused-ring (bicyclic) bond motifs is 3. The summed E-state index contributed by atoms with van der Waals surface area (Å²) in [6, 6.07) is 8.09. The Morgan fingerprint density at radius 2 is 2.03 bits per heavy atom. The number of hydrogen-bond acceptors (Lipinski definition) is 9. The fourth-order valence-corrected chi connectivity index (χ4v) is 4.81. The van der Waals surface area contributed by atoms with Gasteiger partial charge in [-0.3, -0.25) is 9.59 Å². The molecule has 0 unspecified atom stereocenters. The Labute approximate surface area is 181 Å². The smallest absolute Gasteiger partial charge is 0.310 e. The molecule has 1 aromatic carbocycles. The molecule has 0 bridgehead atoms. The number of benzene rings is 1. The van der Waals surface area contributed by atoms with Crippen molar-refractivity contribution >= 4 is 40.1 Å². The van der Waals surface area contributed by atoms with Crippen LogP contribution in [0.1, 0.15) is 34.7 Å². The van der Waals surface area contributed by atoms with Crippen molar-refractivity contribution in [2.45, 2.75) is 31.3 Å². The van der Waals surface area contributed by atoms with Crippen molar-refractivity contribution in [2.75, 3.05) is 18.2 Å². The van der Waals surface area contributed by atoms with Gasteiger partial charge in [0.15, 0.2) is 5.13 Å². The zero-order valence-corrected chi connectivity index (χ0v) is 18.3. The minimum Gasteiger partial charge on any atom is -0.469 e. The zero-order valence-electron chi connectivity index (χ0n) is 16.6. The van der Waals surface area contributed by atoms with E-state index in [1.54, 1.807) is 6.92 Å². The molecule has 30 heavy (non-hydrogen) atoms. The molecule has 2 heterocycles. The third-order valence-electron chi connectivity index (χ3n) is 4.79. The van der Waals surface area contributed by atoms with Gasteiger partial charge in [-0.05, 0) is 12.5 Å². The first-order valence-electron chi connectivity index (χ1n) is 9.26. The number of amides is 1. The second-order valence-corrected chi connectivity index (χ2v) is 8.78. The van der Waals surface area contributed by atoms with Crippen LogP contribution in [0.3, 0.4) is 0 Å². The minimum atomic E-state index is -0.340. The van der Waals surface area contributed by atoms with Crippen molar-refractivity contribution in [3.63, 3.8) is 0 Å². The SMILES string of the molecule is COC(=O)Cc1sc(NC(=O)CSc2nnc3c(n2)[C@@H](C)c2ccccc2-3)nc1C. The number of esters is 1. The lowest BCUT2D eigenvalue weighted by Crippen LogP contribution is -2.14. The molecule has 0 spiro atoms. The van der Waals surface area contributed by atoms with Gasteiger partial charge in [-0.25, -0.2) is 9.97 Å². The summed E-state index contributed by atoms with van der Waals surface area (Å²) in [6.45, 7) is 3.89. The number of thiazole rings is 1. The second kappa shape index (κ2) is 8.49. The van der Waals surface area contributed by atoms with Crippen LogP contribution in [0.4, 0.5) is 5.13 Å². The summed E-state index contributed by atoms with van der Waals surface area (Å²) in [5.74, 6) is -0.287. The van der Waals surface area contributed by atoms with Crippen molar-refractivity contribution in [2.24, 2.45) is 0 Å². The predicted molar refractivity (Wildman–Crippen MR) is 115 cm³/mol. The summed E-state index contributed by atoms with van der Waals surface area (Å²) >= 11 is 2.49. The topological polar surface area (TPSA) is 107 Å². The van der Waals surface area contributed by atoms with Gasteiger partial charge in [-0.1, -0.05) is 43.0 Å². The van der Waals surface area contributed by atoms with E-state index in [0.29, 0.717) is 16.0 Å². The van der Waals surface area contributed by atoms with Crippen LogP contribution in [0, 0.1) is 6.92 Å². The summed E-state index contributed by atoms with van der Waals surface area (Å²) in [5, 5.41) is 12.2. The number of aromatic nitrogens is 4. The number of carbonyl (C=O) groups excluding carboxylic acids is 2. The summed E-state index contributed by atoms with van der Waals surface area (Å²) < 4.78 is 4.68. The highest BCUT2D eigenvalue weighted by atomic mass is 32.2. The molecular formula is C20H19N5O3S2. The van der Waals surface area contributed by atoms with Crippen molar-refractivity contribution in [3.05, 3.63) is 46.1 Å². The van der Waals surface area contributed by atoms with Gasteiger partial charge < -0.3 is 10.1 Å². The quantitative estimate of drug-likeness (QED) is 0.459. The summed E-state index contributed by atoms with van der Waals surface area (Å²) in [4.78, 5) is 33.5. The molecule has 0 aliphatic heterocycles. The summed E-state index contributed by atoms with van der Waals surface area (Å²) in [7, 11) is 1.34. The largest absolute Gasteiger partial charge is 0.469 e. The van der Waals surface area contributed by atoms with E-state index in [0.717, 1.165) is 21.8 Å². The van der Waals surface area contributed by atoms with Crippen LogP contribution in [-0.2, 0) is 20.7 Å². The number of nitrogens with one attached hydrogen (secondary N) is 1. The maximum atomic E-state index is 12.3. The Kier molecular flexibility index (Phi) is 5.78. The van der Waals surface area contributed by atoms with Crippen LogP contribution >= 0.6 is 23.1 Å². The molecule has 0 fully saturated rings. The Hall–Kier alpha value is -2.85. The minimum absolute atomic E-state index is 0.132. The van der Waals surface area contributed by atoms with Gasteiger partial charge in [0.05, 0.1) is 30.7 Å². The molecule has 0 saturated carbocycles. The summed E-state index contributed by atoms with van der Waals surface area (Å²) in [6.07, 6.45) is 0.139. The average molecular weight is 442 g/mol. The number of nitrogens with zero attached hydrogens (tertiary/aromatic N) is 4. The highest BCUT2D eigenvalue weighted by molar-refractivity contribution is 7.99. The molecule has 1 amide bonds. The number of thioether (sulfide) groups is 1. The number of methoxy groups -OCH3 is 1. The molecule has 0 radical (unpaired) electrons. The van der Waals surface area contributed by atoms with Gasteiger partial charge in [0, 0.05) is 16.4 Å².